The summed E-state index contributed by atoms with van der Waals surface area (Å²) >= 11 is 0. The van der Waals surface area contributed by atoms with Crippen molar-refractivity contribution in [3.05, 3.63) is 54.1 Å². The van der Waals surface area contributed by atoms with E-state index < -0.39 is 0 Å². The van der Waals surface area contributed by atoms with Gasteiger partial charge in [0.25, 0.3) is 0 Å². The van der Waals surface area contributed by atoms with Gasteiger partial charge in [-0.1, -0.05) is 12.2 Å². The van der Waals surface area contributed by atoms with Crippen molar-refractivity contribution in [2.75, 3.05) is 25.0 Å². The number of hydrogen-bond donors (Lipinski definition) is 1. The van der Waals surface area contributed by atoms with Gasteiger partial charge in [0.2, 0.25) is 5.95 Å². The zero-order valence-corrected chi connectivity index (χ0v) is 16.1. The predicted molar refractivity (Wildman–Crippen MR) is 109 cm³/mol. The summed E-state index contributed by atoms with van der Waals surface area (Å²) in [6, 6.07) is 6.06. The fraction of sp³-hybridized carbons (Fsp3) is 0.500. The third-order valence-corrected chi connectivity index (χ3v) is 5.70. The minimum atomic E-state index is 0.546. The first-order valence-corrected chi connectivity index (χ1v) is 10.2. The van der Waals surface area contributed by atoms with E-state index in [1.165, 1.54) is 57.4 Å². The highest BCUT2D eigenvalue weighted by Gasteiger charge is 2.24. The van der Waals surface area contributed by atoms with Gasteiger partial charge in [-0.05, 0) is 76.2 Å². The van der Waals surface area contributed by atoms with Gasteiger partial charge in [0.05, 0.1) is 0 Å². The van der Waals surface area contributed by atoms with Crippen LogP contribution in [0.4, 0.5) is 11.6 Å². The van der Waals surface area contributed by atoms with Crippen molar-refractivity contribution in [1.29, 1.82) is 0 Å². The molecule has 1 aliphatic heterocycles. The Bertz CT molecular complexity index is 766. The summed E-state index contributed by atoms with van der Waals surface area (Å²) in [5.41, 5.74) is 3.27. The first kappa shape index (κ1) is 18.1. The van der Waals surface area contributed by atoms with E-state index in [0.717, 1.165) is 17.3 Å². The average Bonchev–Trinajstić information content (AvgIpc) is 2.70. The molecule has 3 heterocycles. The Kier molecular flexibility index (Phi) is 5.78. The topological polar surface area (TPSA) is 53.9 Å². The zero-order valence-electron chi connectivity index (χ0n) is 16.1. The Morgan fingerprint density at radius 1 is 1.07 bits per heavy atom. The number of nitrogens with zero attached hydrogens (tertiary/aromatic N) is 4. The molecule has 0 radical (unpaired) electrons. The van der Waals surface area contributed by atoms with E-state index in [-0.39, 0.29) is 0 Å². The van der Waals surface area contributed by atoms with E-state index in [1.54, 1.807) is 12.4 Å². The van der Waals surface area contributed by atoms with Crippen molar-refractivity contribution in [3.63, 3.8) is 0 Å². The molecule has 1 N–H and O–H groups in total. The van der Waals surface area contributed by atoms with Crippen LogP contribution in [0.2, 0.25) is 0 Å². The minimum absolute atomic E-state index is 0.546. The number of pyridine rings is 1. The molecular formula is C22H29N5. The smallest absolute Gasteiger partial charge is 0.227 e. The van der Waals surface area contributed by atoms with Crippen LogP contribution >= 0.6 is 0 Å². The van der Waals surface area contributed by atoms with Crippen molar-refractivity contribution in [1.82, 2.24) is 19.9 Å². The van der Waals surface area contributed by atoms with Gasteiger partial charge < -0.3 is 10.2 Å². The number of hydrogen-bond acceptors (Lipinski definition) is 5. The van der Waals surface area contributed by atoms with E-state index in [9.17, 15) is 0 Å². The molecule has 0 aromatic carbocycles. The molecule has 2 aromatic heterocycles. The highest BCUT2D eigenvalue weighted by atomic mass is 15.1. The van der Waals surface area contributed by atoms with Crippen LogP contribution in [0.5, 0.6) is 0 Å². The molecule has 0 unspecified atom stereocenters. The Labute approximate surface area is 162 Å². The van der Waals surface area contributed by atoms with Gasteiger partial charge >= 0.3 is 0 Å². The van der Waals surface area contributed by atoms with Crippen molar-refractivity contribution in [3.8, 4) is 0 Å². The Morgan fingerprint density at radius 3 is 2.63 bits per heavy atom. The highest BCUT2D eigenvalue weighted by Crippen LogP contribution is 2.30. The third-order valence-electron chi connectivity index (χ3n) is 5.70. The first-order valence-electron chi connectivity index (χ1n) is 10.2. The minimum Gasteiger partial charge on any atom is -0.324 e. The van der Waals surface area contributed by atoms with E-state index in [0.29, 0.717) is 11.9 Å². The number of aromatic nitrogens is 3. The lowest BCUT2D eigenvalue weighted by Gasteiger charge is -2.34. The summed E-state index contributed by atoms with van der Waals surface area (Å²) in [6.45, 7) is 5.69. The molecule has 5 heteroatoms. The monoisotopic (exact) mass is 363 g/mol. The van der Waals surface area contributed by atoms with Gasteiger partial charge in [-0.3, -0.25) is 4.98 Å². The van der Waals surface area contributed by atoms with Crippen molar-refractivity contribution in [2.45, 2.75) is 44.9 Å². The second-order valence-electron chi connectivity index (χ2n) is 7.84. The maximum absolute atomic E-state index is 4.83. The zero-order chi connectivity index (χ0) is 18.5. The maximum Gasteiger partial charge on any atom is 0.227 e. The van der Waals surface area contributed by atoms with E-state index >= 15 is 0 Å². The van der Waals surface area contributed by atoms with Gasteiger partial charge in [-0.15, -0.1) is 0 Å². The van der Waals surface area contributed by atoms with Gasteiger partial charge in [0, 0.05) is 41.9 Å². The summed E-state index contributed by atoms with van der Waals surface area (Å²) in [4.78, 5) is 16.0. The summed E-state index contributed by atoms with van der Waals surface area (Å²) in [6.07, 6.45) is 14.5. The molecule has 1 saturated heterocycles. The molecule has 142 valence electrons. The fourth-order valence-electron chi connectivity index (χ4n) is 4.27. The number of aryl methyl sites for hydroxylation is 1. The lowest BCUT2D eigenvalue weighted by Crippen LogP contribution is -2.37. The van der Waals surface area contributed by atoms with Gasteiger partial charge in [0.1, 0.15) is 0 Å². The van der Waals surface area contributed by atoms with Crippen molar-refractivity contribution < 1.29 is 0 Å². The molecule has 0 bridgehead atoms. The van der Waals surface area contributed by atoms with Crippen LogP contribution in [0.15, 0.2) is 42.7 Å². The second kappa shape index (κ2) is 8.61. The Morgan fingerprint density at radius 2 is 1.89 bits per heavy atom. The predicted octanol–water partition coefficient (Wildman–Crippen LogP) is 4.46. The number of anilines is 2. The van der Waals surface area contributed by atoms with Crippen LogP contribution in [-0.2, 0) is 0 Å². The summed E-state index contributed by atoms with van der Waals surface area (Å²) in [7, 11) is 0. The number of allylic oxidation sites excluding steroid dienone is 2. The Hall–Kier alpha value is -2.27. The molecule has 2 aliphatic rings. The van der Waals surface area contributed by atoms with Gasteiger partial charge in [-0.25, -0.2) is 9.97 Å². The molecule has 0 amide bonds. The van der Waals surface area contributed by atoms with Crippen LogP contribution in [0, 0.1) is 12.8 Å². The molecule has 5 nitrogen and oxygen atoms in total. The van der Waals surface area contributed by atoms with E-state index in [2.05, 4.69) is 51.4 Å². The Balaban J connectivity index is 1.37. The number of rotatable bonds is 5. The average molecular weight is 364 g/mol. The quantitative estimate of drug-likeness (QED) is 0.795. The maximum atomic E-state index is 4.83. The fourth-order valence-corrected chi connectivity index (χ4v) is 4.27. The first-order chi connectivity index (χ1) is 13.3. The highest BCUT2D eigenvalue weighted by molar-refractivity contribution is 5.54. The molecule has 0 spiro atoms. The van der Waals surface area contributed by atoms with Crippen molar-refractivity contribution >= 4 is 11.6 Å². The van der Waals surface area contributed by atoms with Crippen LogP contribution in [0.1, 0.15) is 49.4 Å². The summed E-state index contributed by atoms with van der Waals surface area (Å²) < 4.78 is 0. The lowest BCUT2D eigenvalue weighted by atomic mass is 9.90. The van der Waals surface area contributed by atoms with Crippen LogP contribution < -0.4 is 5.32 Å². The van der Waals surface area contributed by atoms with Crippen LogP contribution in [0.25, 0.3) is 0 Å². The summed E-state index contributed by atoms with van der Waals surface area (Å²) in [5, 5.41) is 3.31. The number of nitrogens with one attached hydrogen (secondary N) is 1. The molecule has 0 saturated carbocycles. The largest absolute Gasteiger partial charge is 0.324 e. The molecule has 1 fully saturated rings. The molecule has 2 aromatic rings. The number of piperidine rings is 1. The molecular weight excluding hydrogens is 334 g/mol. The van der Waals surface area contributed by atoms with Gasteiger partial charge in [-0.2, -0.15) is 0 Å². The second-order valence-corrected chi connectivity index (χ2v) is 7.84. The molecule has 27 heavy (non-hydrogen) atoms. The van der Waals surface area contributed by atoms with E-state index in [4.69, 9.17) is 4.98 Å². The SMILES string of the molecule is Cc1cc(Nc2ncccn2)cc(C2CCN(C[C@H]3CC=CCC3)CC2)n1. The molecule has 1 aliphatic carbocycles. The van der Waals surface area contributed by atoms with Crippen LogP contribution in [0.3, 0.4) is 0 Å². The van der Waals surface area contributed by atoms with Gasteiger partial charge in [0.15, 0.2) is 0 Å². The third kappa shape index (κ3) is 4.92. The van der Waals surface area contributed by atoms with E-state index in [1.807, 2.05) is 6.07 Å². The molecule has 1 atom stereocenters. The van der Waals surface area contributed by atoms with Crippen molar-refractivity contribution in [2.24, 2.45) is 5.92 Å². The lowest BCUT2D eigenvalue weighted by molar-refractivity contribution is 0.176. The summed E-state index contributed by atoms with van der Waals surface area (Å²) in [5.74, 6) is 2.03. The standard InChI is InChI=1S/C22H29N5/c1-17-14-20(26-22-23-10-5-11-24-22)15-21(25-17)19-8-12-27(13-9-19)16-18-6-3-2-4-7-18/h2-3,5,10-11,14-15,18-19H,4,6-9,12-13,16H2,1H3,(H,23,24,25,26)/t18-/m0/s1. The van der Waals surface area contributed by atoms with Crippen LogP contribution in [-0.4, -0.2) is 39.5 Å². The molecule has 4 rings (SSSR count). The normalized spacial score (nSPS) is 21.3. The number of likely N-dealkylation sites (tertiary alicyclic amines) is 1.